The summed E-state index contributed by atoms with van der Waals surface area (Å²) in [6, 6.07) is 8.46. The number of esters is 1. The predicted molar refractivity (Wildman–Crippen MR) is 77.1 cm³/mol. The number of phenols is 2. The van der Waals surface area contributed by atoms with Gasteiger partial charge < -0.3 is 14.9 Å². The highest BCUT2D eigenvalue weighted by Gasteiger charge is 2.20. The van der Waals surface area contributed by atoms with E-state index in [1.807, 2.05) is 0 Å². The molecule has 0 spiro atoms. The normalized spacial score (nSPS) is 10.7. The Labute approximate surface area is 117 Å². The predicted octanol–water partition coefficient (Wildman–Crippen LogP) is 3.60. The Morgan fingerprint density at radius 2 is 1.95 bits per heavy atom. The van der Waals surface area contributed by atoms with Crippen LogP contribution in [0.5, 0.6) is 11.5 Å². The van der Waals surface area contributed by atoms with E-state index in [-0.39, 0.29) is 17.1 Å². The molecule has 0 saturated carbocycles. The average Bonchev–Trinajstić information content (AvgIpc) is 2.43. The summed E-state index contributed by atoms with van der Waals surface area (Å²) in [7, 11) is 0. The summed E-state index contributed by atoms with van der Waals surface area (Å²) in [5.41, 5.74) is -0.166. The van der Waals surface area contributed by atoms with Crippen LogP contribution in [-0.2, 0) is 4.74 Å². The van der Waals surface area contributed by atoms with E-state index >= 15 is 0 Å². The molecule has 4 heteroatoms. The van der Waals surface area contributed by atoms with E-state index in [0.29, 0.717) is 17.4 Å². The summed E-state index contributed by atoms with van der Waals surface area (Å²) in [6.45, 7) is 2.35. The standard InChI is InChI=1S/C16H18O4/c1-2-3-6-9-20-16(19)14-13(17)10-11-7-4-5-8-12(11)15(14)18/h4-5,7-8,10,17-18H,2-3,6,9H2,1H3. The molecule has 4 nitrogen and oxygen atoms in total. The zero-order chi connectivity index (χ0) is 14.5. The molecule has 2 aromatic carbocycles. The van der Waals surface area contributed by atoms with Gasteiger partial charge in [0.25, 0.3) is 0 Å². The zero-order valence-corrected chi connectivity index (χ0v) is 11.4. The molecule has 0 saturated heterocycles. The van der Waals surface area contributed by atoms with Crippen LogP contribution in [0.2, 0.25) is 0 Å². The van der Waals surface area contributed by atoms with Crippen molar-refractivity contribution in [2.24, 2.45) is 0 Å². The minimum Gasteiger partial charge on any atom is -0.507 e. The van der Waals surface area contributed by atoms with Crippen LogP contribution >= 0.6 is 0 Å². The number of ether oxygens (including phenoxy) is 1. The van der Waals surface area contributed by atoms with Crippen LogP contribution in [0.15, 0.2) is 30.3 Å². The molecule has 0 heterocycles. The second-order valence-corrected chi connectivity index (χ2v) is 4.68. The number of hydrogen-bond acceptors (Lipinski definition) is 4. The van der Waals surface area contributed by atoms with Gasteiger partial charge in [-0.2, -0.15) is 0 Å². The van der Waals surface area contributed by atoms with E-state index in [9.17, 15) is 15.0 Å². The average molecular weight is 274 g/mol. The number of rotatable bonds is 5. The molecule has 106 valence electrons. The van der Waals surface area contributed by atoms with Crippen LogP contribution in [0.3, 0.4) is 0 Å². The molecule has 2 rings (SSSR count). The molecule has 0 unspecified atom stereocenters. The van der Waals surface area contributed by atoms with Crippen LogP contribution in [0.25, 0.3) is 10.8 Å². The van der Waals surface area contributed by atoms with Crippen LogP contribution in [0.1, 0.15) is 36.5 Å². The van der Waals surface area contributed by atoms with Crippen molar-refractivity contribution in [2.45, 2.75) is 26.2 Å². The van der Waals surface area contributed by atoms with E-state index < -0.39 is 5.97 Å². The second-order valence-electron chi connectivity index (χ2n) is 4.68. The van der Waals surface area contributed by atoms with Gasteiger partial charge in [-0.3, -0.25) is 0 Å². The van der Waals surface area contributed by atoms with Crippen molar-refractivity contribution < 1.29 is 19.7 Å². The molecule has 0 radical (unpaired) electrons. The molecule has 0 fully saturated rings. The quantitative estimate of drug-likeness (QED) is 0.645. The minimum absolute atomic E-state index is 0.166. The molecule has 0 atom stereocenters. The van der Waals surface area contributed by atoms with Crippen molar-refractivity contribution in [1.82, 2.24) is 0 Å². The Morgan fingerprint density at radius 1 is 1.20 bits per heavy atom. The first-order valence-electron chi connectivity index (χ1n) is 6.76. The molecule has 20 heavy (non-hydrogen) atoms. The topological polar surface area (TPSA) is 66.8 Å². The minimum atomic E-state index is -0.693. The maximum atomic E-state index is 12.0. The number of carbonyl (C=O) groups excluding carboxylic acids is 1. The van der Waals surface area contributed by atoms with Gasteiger partial charge >= 0.3 is 5.97 Å². The fourth-order valence-electron chi connectivity index (χ4n) is 2.10. The zero-order valence-electron chi connectivity index (χ0n) is 11.4. The van der Waals surface area contributed by atoms with Crippen LogP contribution in [-0.4, -0.2) is 22.8 Å². The van der Waals surface area contributed by atoms with Crippen molar-refractivity contribution in [2.75, 3.05) is 6.61 Å². The highest BCUT2D eigenvalue weighted by atomic mass is 16.5. The first-order chi connectivity index (χ1) is 9.65. The SMILES string of the molecule is CCCCCOC(=O)c1c(O)cc2ccccc2c1O. The van der Waals surface area contributed by atoms with Crippen molar-refractivity contribution >= 4 is 16.7 Å². The van der Waals surface area contributed by atoms with Crippen LogP contribution < -0.4 is 0 Å². The maximum Gasteiger partial charge on any atom is 0.345 e. The Bertz CT molecular complexity index is 619. The molecular weight excluding hydrogens is 256 g/mol. The number of phenolic OH excluding ortho intramolecular Hbond substituents is 2. The van der Waals surface area contributed by atoms with Gasteiger partial charge in [0.15, 0.2) is 0 Å². The monoisotopic (exact) mass is 274 g/mol. The molecule has 0 aliphatic carbocycles. The molecule has 2 N–H and O–H groups in total. The van der Waals surface area contributed by atoms with Gasteiger partial charge in [-0.05, 0) is 17.9 Å². The Kier molecular flexibility index (Phi) is 4.45. The van der Waals surface area contributed by atoms with Crippen molar-refractivity contribution in [3.05, 3.63) is 35.9 Å². The van der Waals surface area contributed by atoms with Crippen molar-refractivity contribution in [3.63, 3.8) is 0 Å². The maximum absolute atomic E-state index is 12.0. The highest BCUT2D eigenvalue weighted by molar-refractivity contribution is 6.03. The lowest BCUT2D eigenvalue weighted by Gasteiger charge is -2.10. The van der Waals surface area contributed by atoms with E-state index in [1.165, 1.54) is 6.07 Å². The van der Waals surface area contributed by atoms with Gasteiger partial charge in [-0.1, -0.05) is 44.0 Å². The fourth-order valence-corrected chi connectivity index (χ4v) is 2.10. The summed E-state index contributed by atoms with van der Waals surface area (Å²) in [5.74, 6) is -1.19. The third-order valence-corrected chi connectivity index (χ3v) is 3.19. The van der Waals surface area contributed by atoms with E-state index in [4.69, 9.17) is 4.74 Å². The molecule has 0 amide bonds. The molecular formula is C16H18O4. The van der Waals surface area contributed by atoms with E-state index in [1.54, 1.807) is 24.3 Å². The lowest BCUT2D eigenvalue weighted by Crippen LogP contribution is -2.07. The molecule has 2 aromatic rings. The lowest BCUT2D eigenvalue weighted by molar-refractivity contribution is 0.0492. The Hall–Kier alpha value is -2.23. The lowest BCUT2D eigenvalue weighted by atomic mass is 10.0. The Balaban J connectivity index is 2.27. The van der Waals surface area contributed by atoms with Gasteiger partial charge in [0, 0.05) is 5.39 Å². The Morgan fingerprint density at radius 3 is 2.70 bits per heavy atom. The van der Waals surface area contributed by atoms with Gasteiger partial charge in [-0.25, -0.2) is 4.79 Å². The van der Waals surface area contributed by atoms with Crippen LogP contribution in [0.4, 0.5) is 0 Å². The molecule has 0 bridgehead atoms. The number of benzene rings is 2. The van der Waals surface area contributed by atoms with Gasteiger partial charge in [-0.15, -0.1) is 0 Å². The number of hydrogen-bond donors (Lipinski definition) is 2. The largest absolute Gasteiger partial charge is 0.507 e. The first kappa shape index (κ1) is 14.2. The third kappa shape index (κ3) is 2.85. The van der Waals surface area contributed by atoms with Crippen molar-refractivity contribution in [1.29, 1.82) is 0 Å². The van der Waals surface area contributed by atoms with E-state index in [0.717, 1.165) is 19.3 Å². The van der Waals surface area contributed by atoms with E-state index in [2.05, 4.69) is 6.92 Å². The first-order valence-corrected chi connectivity index (χ1v) is 6.76. The molecule has 0 aliphatic rings. The fraction of sp³-hybridized carbons (Fsp3) is 0.312. The number of unbranched alkanes of at least 4 members (excludes halogenated alkanes) is 2. The number of carbonyl (C=O) groups is 1. The molecule has 0 aromatic heterocycles. The summed E-state index contributed by atoms with van der Waals surface area (Å²) in [5, 5.41) is 21.2. The summed E-state index contributed by atoms with van der Waals surface area (Å²) < 4.78 is 5.08. The highest BCUT2D eigenvalue weighted by Crippen LogP contribution is 2.35. The number of fused-ring (bicyclic) bond motifs is 1. The second kappa shape index (κ2) is 6.28. The smallest absolute Gasteiger partial charge is 0.345 e. The third-order valence-electron chi connectivity index (χ3n) is 3.19. The van der Waals surface area contributed by atoms with Crippen LogP contribution in [0, 0.1) is 0 Å². The number of aromatic hydroxyl groups is 2. The van der Waals surface area contributed by atoms with Gasteiger partial charge in [0.05, 0.1) is 6.61 Å². The van der Waals surface area contributed by atoms with Crippen molar-refractivity contribution in [3.8, 4) is 11.5 Å². The van der Waals surface area contributed by atoms with Gasteiger partial charge in [0.2, 0.25) is 0 Å². The molecule has 0 aliphatic heterocycles. The van der Waals surface area contributed by atoms with Gasteiger partial charge in [0.1, 0.15) is 17.1 Å². The summed E-state index contributed by atoms with van der Waals surface area (Å²) in [4.78, 5) is 12.0. The summed E-state index contributed by atoms with van der Waals surface area (Å²) >= 11 is 0. The summed E-state index contributed by atoms with van der Waals surface area (Å²) in [6.07, 6.45) is 2.78.